The van der Waals surface area contributed by atoms with E-state index in [1.54, 1.807) is 23.5 Å². The number of esters is 1. The second kappa shape index (κ2) is 28.4. The van der Waals surface area contributed by atoms with Crippen LogP contribution in [0.1, 0.15) is 143 Å². The van der Waals surface area contributed by atoms with Gasteiger partial charge in [-0.25, -0.2) is 9.78 Å². The zero-order valence-corrected chi connectivity index (χ0v) is 45.7. The number of nitrogens with zero attached hydrogens (tertiary/aromatic N) is 2. The minimum absolute atomic E-state index is 0.0258. The molecule has 2 fully saturated rings. The highest BCUT2D eigenvalue weighted by Gasteiger charge is 2.36. The third-order valence-corrected chi connectivity index (χ3v) is 16.2. The quantitative estimate of drug-likeness (QED) is 0.0381. The molecule has 8 bridgehead atoms. The van der Waals surface area contributed by atoms with Gasteiger partial charge in [0.1, 0.15) is 23.1 Å². The first kappa shape index (κ1) is 58.6. The molecule has 8 unspecified atom stereocenters. The van der Waals surface area contributed by atoms with Crippen molar-refractivity contribution in [1.29, 1.82) is 0 Å². The summed E-state index contributed by atoms with van der Waals surface area (Å²) in [7, 11) is 1.41. The van der Waals surface area contributed by atoms with E-state index in [4.69, 9.17) is 34.0 Å². The average molecular weight is 1040 g/mol. The maximum absolute atomic E-state index is 13.1. The lowest BCUT2D eigenvalue weighted by atomic mass is 9.99. The molecule has 0 radical (unpaired) electrons. The van der Waals surface area contributed by atoms with Crippen molar-refractivity contribution in [2.24, 2.45) is 0 Å². The third kappa shape index (κ3) is 15.2. The highest BCUT2D eigenvalue weighted by molar-refractivity contribution is 8.11. The predicted molar refractivity (Wildman–Crippen MR) is 288 cm³/mol. The van der Waals surface area contributed by atoms with E-state index in [1.807, 2.05) is 19.9 Å². The van der Waals surface area contributed by atoms with E-state index < -0.39 is 24.3 Å². The summed E-state index contributed by atoms with van der Waals surface area (Å²) in [5.74, 6) is 2.25. The number of carbonyl (C=O) groups excluding carboxylic acids is 2. The summed E-state index contributed by atoms with van der Waals surface area (Å²) in [6, 6.07) is 6.34. The smallest absolute Gasteiger partial charge is 0.340 e. The number of aliphatic hydroxyl groups excluding tert-OH is 5. The van der Waals surface area contributed by atoms with Crippen LogP contribution in [-0.2, 0) is 41.4 Å². The molecule has 7 rings (SSSR count). The van der Waals surface area contributed by atoms with Gasteiger partial charge in [-0.05, 0) is 118 Å². The fraction of sp³-hybridized carbons (Fsp3) is 0.623. The zero-order valence-electron chi connectivity index (χ0n) is 43.2. The molecule has 4 aliphatic rings. The van der Waals surface area contributed by atoms with Gasteiger partial charge in [-0.1, -0.05) is 45.9 Å². The lowest BCUT2D eigenvalue weighted by Gasteiger charge is -2.36. The van der Waals surface area contributed by atoms with Gasteiger partial charge in [0, 0.05) is 76.6 Å². The van der Waals surface area contributed by atoms with Crippen molar-refractivity contribution in [2.45, 2.75) is 167 Å². The number of ether oxygens (including phenoxy) is 4. The molecule has 394 valence electrons. The monoisotopic (exact) mass is 1040 g/mol. The number of rotatable bonds is 17. The molecule has 3 aromatic rings. The Morgan fingerprint density at radius 1 is 0.859 bits per heavy atom. The summed E-state index contributed by atoms with van der Waals surface area (Å²) in [6.07, 6.45) is 2.41. The standard InChI is InChI=1S/C40H52N4O7S.C10H18O4S2.C3H8/c1-9-25-20(3)28-16-32-36(24(7)50-11-10-12-52-35-17-33(46)39(47)34(18-45)51-35)21(4)29(43-32)14-26-19(2)13-27(41-26)23(6)38-37(40(48)49-8)22(5)30(44-38)15-31(25)42-28;11-6-9-4-8(13)5-10(14-9)16-3-1-2-15-7-12;1-3-2/h14-16,19,24,33-35,39,42-43,45-47H,9-13,17-18H2,1-8H3;7-11,13H,1-6H2;3H2,1-2H3/t19?,24?,33?,34?,35?,39-;;/m0../s1. The molecule has 71 heavy (non-hydrogen) atoms. The molecule has 18 heteroatoms. The molecule has 4 aliphatic heterocycles. The molecule has 0 aliphatic carbocycles. The minimum atomic E-state index is -1.07. The van der Waals surface area contributed by atoms with Gasteiger partial charge < -0.3 is 54.4 Å². The Labute approximate surface area is 432 Å². The normalized spacial score (nSPS) is 23.6. The highest BCUT2D eigenvalue weighted by Crippen LogP contribution is 2.37. The van der Waals surface area contributed by atoms with E-state index in [2.05, 4.69) is 70.6 Å². The van der Waals surface area contributed by atoms with Gasteiger partial charge in [-0.15, -0.1) is 23.5 Å². The van der Waals surface area contributed by atoms with E-state index >= 15 is 0 Å². The number of aromatic nitrogens is 4. The number of allylic oxidation sites excluding steroid dienone is 1. The van der Waals surface area contributed by atoms with Crippen LogP contribution in [0.4, 0.5) is 0 Å². The predicted octanol–water partition coefficient (Wildman–Crippen LogP) is 8.59. The maximum atomic E-state index is 13.1. The number of H-pyrrole nitrogens is 2. The van der Waals surface area contributed by atoms with Gasteiger partial charge in [0.2, 0.25) is 0 Å². The minimum Gasteiger partial charge on any atom is -0.465 e. The summed E-state index contributed by atoms with van der Waals surface area (Å²) in [6.45, 7) is 19.0. The van der Waals surface area contributed by atoms with Crippen LogP contribution < -0.4 is 0 Å². The molecular weight excluding hydrogens is 965 g/mol. The van der Waals surface area contributed by atoms with Crippen molar-refractivity contribution in [3.05, 3.63) is 68.8 Å². The van der Waals surface area contributed by atoms with Crippen molar-refractivity contribution in [1.82, 2.24) is 19.9 Å². The first-order chi connectivity index (χ1) is 34.0. The summed E-state index contributed by atoms with van der Waals surface area (Å²) in [5.41, 5.74) is 14.3. The number of hydrogen-bond donors (Lipinski definition) is 7. The van der Waals surface area contributed by atoms with Gasteiger partial charge in [0.25, 0.3) is 0 Å². The summed E-state index contributed by atoms with van der Waals surface area (Å²) < 4.78 is 23.1. The topological polar surface area (TPSA) is 230 Å². The van der Waals surface area contributed by atoms with E-state index in [0.29, 0.717) is 37.1 Å². The molecule has 0 spiro atoms. The van der Waals surface area contributed by atoms with Gasteiger partial charge in [0.05, 0.1) is 61.7 Å². The van der Waals surface area contributed by atoms with Crippen LogP contribution in [0.3, 0.4) is 0 Å². The van der Waals surface area contributed by atoms with Crippen LogP contribution in [0, 0.1) is 20.8 Å². The van der Waals surface area contributed by atoms with E-state index in [0.717, 1.165) is 116 Å². The Kier molecular flexibility index (Phi) is 23.5. The van der Waals surface area contributed by atoms with Gasteiger partial charge >= 0.3 is 5.97 Å². The van der Waals surface area contributed by atoms with E-state index in [-0.39, 0.29) is 48.3 Å². The number of fused-ring (bicyclic) bond motifs is 8. The number of hydrogen-bond acceptors (Lipinski definition) is 16. The molecule has 7 heterocycles. The number of aliphatic hydroxyl groups is 5. The van der Waals surface area contributed by atoms with Gasteiger partial charge in [0.15, 0.2) is 5.62 Å². The average Bonchev–Trinajstić information content (AvgIpc) is 4.06. The number of carbonyl (C=O) groups is 2. The number of aromatic amines is 2. The van der Waals surface area contributed by atoms with Crippen LogP contribution in [0.5, 0.6) is 0 Å². The number of methoxy groups -OCH3 is 1. The molecule has 9 atom stereocenters. The third-order valence-electron chi connectivity index (χ3n) is 13.1. The molecule has 2 saturated heterocycles. The highest BCUT2D eigenvalue weighted by atomic mass is 32.2. The van der Waals surface area contributed by atoms with Crippen molar-refractivity contribution in [3.8, 4) is 0 Å². The van der Waals surface area contributed by atoms with Crippen molar-refractivity contribution in [2.75, 3.05) is 44.2 Å². The Morgan fingerprint density at radius 2 is 1.54 bits per heavy atom. The molecule has 0 aromatic carbocycles. The number of nitrogens with one attached hydrogen (secondary N) is 2. The van der Waals surface area contributed by atoms with Gasteiger partial charge in [-0.3, -0.25) is 9.78 Å². The van der Waals surface area contributed by atoms with Crippen molar-refractivity contribution < 1.29 is 54.1 Å². The summed E-state index contributed by atoms with van der Waals surface area (Å²) in [4.78, 5) is 40.7. The largest absolute Gasteiger partial charge is 0.465 e. The lowest BCUT2D eigenvalue weighted by molar-refractivity contribution is -0.157. The summed E-state index contributed by atoms with van der Waals surface area (Å²) >= 11 is 4.49. The lowest BCUT2D eigenvalue weighted by Crippen LogP contribution is -2.49. The number of thioether (sulfide) groups is 3. The molecule has 7 N–H and O–H groups in total. The fourth-order valence-electron chi connectivity index (χ4n) is 9.22. The Bertz CT molecular complexity index is 2440. The molecule has 15 nitrogen and oxygen atoms in total. The second-order valence-corrected chi connectivity index (χ2v) is 22.1. The Balaban J connectivity index is 0.000000415. The first-order valence-electron chi connectivity index (χ1n) is 25.0. The fourth-order valence-corrected chi connectivity index (χ4v) is 12.1. The molecule has 3 aromatic heterocycles. The van der Waals surface area contributed by atoms with Crippen LogP contribution in [0.15, 0.2) is 18.2 Å². The Hall–Kier alpha value is -3.27. The zero-order chi connectivity index (χ0) is 51.9. The van der Waals surface area contributed by atoms with Crippen LogP contribution in [-0.4, -0.2) is 143 Å². The maximum Gasteiger partial charge on any atom is 0.340 e. The van der Waals surface area contributed by atoms with Crippen LogP contribution >= 0.6 is 35.3 Å². The molecule has 0 amide bonds. The summed E-state index contributed by atoms with van der Waals surface area (Å²) in [5, 5.41) is 48.3. The van der Waals surface area contributed by atoms with Gasteiger partial charge in [-0.2, -0.15) is 0 Å². The first-order valence-corrected chi connectivity index (χ1v) is 28.2. The molecular formula is C53H78N4O11S3. The SMILES string of the molecule is CCC.CCc1c(C)c2cc3[nH]c(cc4nc(c(C)c5nc(cc1[nH]2)C(C)=C5C(=O)OC)CC4C)c(C)c3C(C)OCCCSC1CC(O)[C@H](O)C(CO)O1.O=CSCCCSC1CC(O)CC(CO)O1. The van der Waals surface area contributed by atoms with Crippen LogP contribution in [0.2, 0.25) is 0 Å². The second-order valence-electron chi connectivity index (χ2n) is 18.6. The Morgan fingerprint density at radius 3 is 2.20 bits per heavy atom. The van der Waals surface area contributed by atoms with E-state index in [1.165, 1.54) is 30.9 Å². The number of aryl methyl sites for hydroxylation is 3. The van der Waals surface area contributed by atoms with Crippen LogP contribution in [0.25, 0.3) is 33.2 Å². The van der Waals surface area contributed by atoms with Crippen molar-refractivity contribution in [3.63, 3.8) is 0 Å². The van der Waals surface area contributed by atoms with E-state index in [9.17, 15) is 30.0 Å². The van der Waals surface area contributed by atoms with Crippen molar-refractivity contribution >= 4 is 80.1 Å². The molecule has 0 saturated carbocycles.